The molecule has 0 saturated heterocycles. The van der Waals surface area contributed by atoms with Gasteiger partial charge in [-0.2, -0.15) is 8.78 Å². The van der Waals surface area contributed by atoms with Gasteiger partial charge >= 0.3 is 6.61 Å². The predicted molar refractivity (Wildman–Crippen MR) is 93.0 cm³/mol. The number of sulfone groups is 1. The maximum Gasteiger partial charge on any atom is 0.388 e. The van der Waals surface area contributed by atoms with E-state index in [9.17, 15) is 17.2 Å². The molecule has 0 radical (unpaired) electrons. The molecule has 1 aromatic carbocycles. The Morgan fingerprint density at radius 1 is 1.27 bits per heavy atom. The van der Waals surface area contributed by atoms with Crippen LogP contribution in [-0.2, 0) is 9.84 Å². The van der Waals surface area contributed by atoms with Crippen molar-refractivity contribution in [3.05, 3.63) is 36.0 Å². The average molecular weight is 381 g/mol. The van der Waals surface area contributed by atoms with Crippen LogP contribution in [0.15, 0.2) is 35.4 Å². The number of rotatable bonds is 6. The van der Waals surface area contributed by atoms with Crippen LogP contribution in [0.3, 0.4) is 0 Å². The highest BCUT2D eigenvalue weighted by Gasteiger charge is 2.20. The second kappa shape index (κ2) is 6.99. The fourth-order valence-corrected chi connectivity index (χ4v) is 4.43. The Kier molecular flexibility index (Phi) is 4.90. The van der Waals surface area contributed by atoms with Gasteiger partial charge in [0.25, 0.3) is 0 Å². The fourth-order valence-electron chi connectivity index (χ4n) is 2.85. The van der Waals surface area contributed by atoms with Crippen LogP contribution >= 0.6 is 0 Å². The third-order valence-corrected chi connectivity index (χ3v) is 5.97. The lowest BCUT2D eigenvalue weighted by molar-refractivity contribution is -0.0518. The van der Waals surface area contributed by atoms with Crippen molar-refractivity contribution in [3.8, 4) is 17.1 Å². The fraction of sp³-hybridized carbons (Fsp3) is 0.294. The highest BCUT2D eigenvalue weighted by Crippen LogP contribution is 2.34. The van der Waals surface area contributed by atoms with Crippen LogP contribution in [0.25, 0.3) is 22.2 Å². The Morgan fingerprint density at radius 3 is 2.69 bits per heavy atom. The Morgan fingerprint density at radius 2 is 2.04 bits per heavy atom. The molecule has 2 heterocycles. The number of aryl methyl sites for hydroxylation is 1. The molecule has 0 spiro atoms. The molecule has 1 N–H and O–H groups in total. The minimum atomic E-state index is -3.36. The van der Waals surface area contributed by atoms with E-state index < -0.39 is 16.4 Å². The zero-order valence-corrected chi connectivity index (χ0v) is 15.0. The first kappa shape index (κ1) is 18.2. The number of halogens is 2. The first-order valence-electron chi connectivity index (χ1n) is 7.95. The lowest BCUT2D eigenvalue weighted by Gasteiger charge is -2.10. The smallest absolute Gasteiger partial charge is 0.388 e. The van der Waals surface area contributed by atoms with E-state index in [2.05, 4.69) is 19.9 Å². The monoisotopic (exact) mass is 381 g/mol. The largest absolute Gasteiger partial charge is 0.415 e. The molecule has 6 nitrogen and oxygen atoms in total. The van der Waals surface area contributed by atoms with Crippen molar-refractivity contribution in [2.45, 2.75) is 31.8 Å². The van der Waals surface area contributed by atoms with E-state index in [-0.39, 0.29) is 16.5 Å². The van der Waals surface area contributed by atoms with Crippen molar-refractivity contribution < 1.29 is 21.9 Å². The van der Waals surface area contributed by atoms with Crippen LogP contribution in [0.5, 0.6) is 5.88 Å². The van der Waals surface area contributed by atoms with Gasteiger partial charge in [0.2, 0.25) is 5.88 Å². The lowest BCUT2D eigenvalue weighted by Crippen LogP contribution is -2.07. The normalized spacial score (nSPS) is 12.0. The summed E-state index contributed by atoms with van der Waals surface area (Å²) in [7, 11) is -3.36. The molecule has 3 rings (SSSR count). The van der Waals surface area contributed by atoms with Crippen molar-refractivity contribution >= 4 is 20.7 Å². The molecule has 0 unspecified atom stereocenters. The molecule has 0 aliphatic heterocycles. The molecule has 138 valence electrons. The van der Waals surface area contributed by atoms with Crippen molar-refractivity contribution in [3.63, 3.8) is 0 Å². The van der Waals surface area contributed by atoms with Crippen LogP contribution in [-0.4, -0.2) is 36.0 Å². The quantitative estimate of drug-likeness (QED) is 0.703. The Hall–Kier alpha value is -2.55. The number of fused-ring (bicyclic) bond motifs is 1. The van der Waals surface area contributed by atoms with Gasteiger partial charge in [0, 0.05) is 11.8 Å². The first-order valence-corrected chi connectivity index (χ1v) is 9.60. The van der Waals surface area contributed by atoms with Crippen molar-refractivity contribution in [1.82, 2.24) is 15.2 Å². The molecule has 26 heavy (non-hydrogen) atoms. The zero-order valence-electron chi connectivity index (χ0n) is 14.2. The number of ether oxygens (including phenoxy) is 1. The molecule has 0 amide bonds. The van der Waals surface area contributed by atoms with Crippen molar-refractivity contribution in [2.75, 3.05) is 5.75 Å². The number of nitrogens with one attached hydrogen (secondary N) is 1. The highest BCUT2D eigenvalue weighted by molar-refractivity contribution is 7.91. The molecule has 0 atom stereocenters. The van der Waals surface area contributed by atoms with Crippen molar-refractivity contribution in [2.24, 2.45) is 0 Å². The summed E-state index contributed by atoms with van der Waals surface area (Å²) in [6.45, 7) is 0.478. The van der Waals surface area contributed by atoms with E-state index in [0.29, 0.717) is 34.1 Å². The number of hydrogen-bond donors (Lipinski definition) is 1. The van der Waals surface area contributed by atoms with E-state index >= 15 is 0 Å². The maximum absolute atomic E-state index is 12.6. The van der Waals surface area contributed by atoms with Crippen LogP contribution in [0, 0.1) is 6.92 Å². The number of aromatic amines is 1. The standard InChI is InChI=1S/C17H17F2N3O3S/c1-3-8-26(23,24)13-5-4-11(9-10(13)2)15-14-12(6-7-20-15)21-22-16(14)25-17(18)19/h4-7,9,17H,3,8H2,1-2H3,(H,21,22). The second-order valence-corrected chi connectivity index (χ2v) is 7.87. The Labute approximate surface area is 149 Å². The minimum Gasteiger partial charge on any atom is -0.415 e. The van der Waals surface area contributed by atoms with E-state index in [0.717, 1.165) is 0 Å². The molecule has 0 fully saturated rings. The summed E-state index contributed by atoms with van der Waals surface area (Å²) in [6.07, 6.45) is 2.03. The van der Waals surface area contributed by atoms with Crippen LogP contribution in [0.1, 0.15) is 18.9 Å². The lowest BCUT2D eigenvalue weighted by atomic mass is 10.1. The average Bonchev–Trinajstić information content (AvgIpc) is 2.97. The van der Waals surface area contributed by atoms with Gasteiger partial charge < -0.3 is 4.74 Å². The number of hydrogen-bond acceptors (Lipinski definition) is 5. The third-order valence-electron chi connectivity index (χ3n) is 3.90. The van der Waals surface area contributed by atoms with Gasteiger partial charge in [-0.05, 0) is 37.1 Å². The summed E-state index contributed by atoms with van der Waals surface area (Å²) in [4.78, 5) is 4.51. The number of H-pyrrole nitrogens is 1. The zero-order chi connectivity index (χ0) is 18.9. The predicted octanol–water partition coefficient (Wildman–Crippen LogP) is 3.72. The topological polar surface area (TPSA) is 84.9 Å². The first-order chi connectivity index (χ1) is 12.3. The van der Waals surface area contributed by atoms with Crippen LogP contribution < -0.4 is 4.74 Å². The van der Waals surface area contributed by atoms with E-state index in [1.54, 1.807) is 32.0 Å². The summed E-state index contributed by atoms with van der Waals surface area (Å²) in [5, 5.41) is 6.70. The number of alkyl halides is 2. The number of benzene rings is 1. The molecule has 0 aliphatic carbocycles. The third kappa shape index (κ3) is 3.39. The van der Waals surface area contributed by atoms with Gasteiger partial charge in [0.05, 0.1) is 27.2 Å². The van der Waals surface area contributed by atoms with E-state index in [1.165, 1.54) is 12.3 Å². The van der Waals surface area contributed by atoms with Crippen molar-refractivity contribution in [1.29, 1.82) is 0 Å². The van der Waals surface area contributed by atoms with E-state index in [1.807, 2.05) is 0 Å². The second-order valence-electron chi connectivity index (χ2n) is 5.79. The van der Waals surface area contributed by atoms with Gasteiger partial charge in [0.15, 0.2) is 9.84 Å². The van der Waals surface area contributed by atoms with E-state index in [4.69, 9.17) is 0 Å². The summed E-state index contributed by atoms with van der Waals surface area (Å²) in [6, 6.07) is 6.39. The SMILES string of the molecule is CCCS(=O)(=O)c1ccc(-c2nccc3[nH]nc(OC(F)F)c23)cc1C. The Balaban J connectivity index is 2.13. The highest BCUT2D eigenvalue weighted by atomic mass is 32.2. The number of aromatic nitrogens is 3. The van der Waals surface area contributed by atoms with Gasteiger partial charge in [-0.1, -0.05) is 13.0 Å². The summed E-state index contributed by atoms with van der Waals surface area (Å²) >= 11 is 0. The van der Waals surface area contributed by atoms with Gasteiger partial charge in [-0.25, -0.2) is 8.42 Å². The summed E-state index contributed by atoms with van der Waals surface area (Å²) < 4.78 is 54.3. The summed E-state index contributed by atoms with van der Waals surface area (Å²) in [5.41, 5.74) is 2.03. The Bertz CT molecular complexity index is 1050. The molecule has 0 aliphatic rings. The van der Waals surface area contributed by atoms with Gasteiger partial charge in [0.1, 0.15) is 0 Å². The molecular formula is C17H17F2N3O3S. The number of nitrogens with zero attached hydrogens (tertiary/aromatic N) is 2. The van der Waals surface area contributed by atoms with Gasteiger partial charge in [-0.15, -0.1) is 5.10 Å². The molecule has 0 saturated carbocycles. The van der Waals surface area contributed by atoms with Crippen LogP contribution in [0.2, 0.25) is 0 Å². The molecule has 3 aromatic rings. The summed E-state index contributed by atoms with van der Waals surface area (Å²) in [5.74, 6) is -0.187. The molecule has 0 bridgehead atoms. The van der Waals surface area contributed by atoms with Gasteiger partial charge in [-0.3, -0.25) is 10.1 Å². The maximum atomic E-state index is 12.6. The van der Waals surface area contributed by atoms with Crippen LogP contribution in [0.4, 0.5) is 8.78 Å². The minimum absolute atomic E-state index is 0.0646. The molecular weight excluding hydrogens is 364 g/mol. The molecule has 9 heteroatoms. The number of pyridine rings is 1. The molecule has 2 aromatic heterocycles.